The van der Waals surface area contributed by atoms with Gasteiger partial charge in [0.25, 0.3) is 0 Å². The number of carbonyl (C=O) groups excluding carboxylic acids is 1. The second-order valence-corrected chi connectivity index (χ2v) is 6.88. The zero-order valence-electron chi connectivity index (χ0n) is 14.8. The molecule has 12 heteroatoms. The minimum absolute atomic E-state index is 0.0588. The quantitative estimate of drug-likeness (QED) is 0.489. The Bertz CT molecular complexity index is 820. The number of rotatable bonds is 7. The monoisotopic (exact) mass is 426 g/mol. The average Bonchev–Trinajstić information content (AvgIpc) is 3.04. The van der Waals surface area contributed by atoms with Crippen molar-refractivity contribution in [1.29, 1.82) is 0 Å². The van der Waals surface area contributed by atoms with Crippen LogP contribution < -0.4 is 4.90 Å². The van der Waals surface area contributed by atoms with E-state index >= 15 is 0 Å². The number of hydrogen-bond acceptors (Lipinski definition) is 5. The highest BCUT2D eigenvalue weighted by atomic mass is 32.2. The highest BCUT2D eigenvalue weighted by Gasteiger charge is 2.34. The van der Waals surface area contributed by atoms with Gasteiger partial charge < -0.3 is 4.90 Å². The van der Waals surface area contributed by atoms with Gasteiger partial charge in [-0.05, 0) is 32.0 Å². The van der Waals surface area contributed by atoms with Crippen molar-refractivity contribution in [1.82, 2.24) is 14.8 Å². The number of alkyl halides is 6. The minimum atomic E-state index is -4.55. The molecule has 0 aliphatic carbocycles. The topological polar surface area (TPSA) is 51.0 Å². The normalized spacial score (nSPS) is 13.4. The summed E-state index contributed by atoms with van der Waals surface area (Å²) in [5.74, 6) is -1.65. The Hall–Kier alpha value is -2.24. The third kappa shape index (κ3) is 6.14. The van der Waals surface area contributed by atoms with Crippen LogP contribution in [0.25, 0.3) is 5.69 Å². The third-order valence-corrected chi connectivity index (χ3v) is 4.73. The second-order valence-electron chi connectivity index (χ2n) is 5.94. The molecule has 1 unspecified atom stereocenters. The molecule has 2 aromatic rings. The molecule has 2 rings (SSSR count). The maximum Gasteiger partial charge on any atom is 0.405 e. The van der Waals surface area contributed by atoms with Gasteiger partial charge in [0, 0.05) is 5.69 Å². The van der Waals surface area contributed by atoms with Gasteiger partial charge in [0.2, 0.25) is 0 Å². The molecule has 0 fully saturated rings. The SMILES string of the molecule is CC(=O)C(C)N(CC(F)(F)F)c1cccc(-n2cnnc2SCC(F)(F)F)c1. The first-order valence-electron chi connectivity index (χ1n) is 7.91. The van der Waals surface area contributed by atoms with Crippen molar-refractivity contribution in [3.05, 3.63) is 30.6 Å². The van der Waals surface area contributed by atoms with Crippen molar-refractivity contribution in [3.63, 3.8) is 0 Å². The molecule has 0 aliphatic heterocycles. The molecule has 0 saturated heterocycles. The summed E-state index contributed by atoms with van der Waals surface area (Å²) in [6.45, 7) is 1.18. The van der Waals surface area contributed by atoms with Gasteiger partial charge in [-0.25, -0.2) is 0 Å². The third-order valence-electron chi connectivity index (χ3n) is 3.73. The molecule has 1 atom stereocenters. The van der Waals surface area contributed by atoms with Gasteiger partial charge in [0.15, 0.2) is 10.9 Å². The Balaban J connectivity index is 2.37. The first-order valence-corrected chi connectivity index (χ1v) is 8.90. The van der Waals surface area contributed by atoms with E-state index in [1.807, 2.05) is 0 Å². The lowest BCUT2D eigenvalue weighted by Crippen LogP contribution is -2.44. The largest absolute Gasteiger partial charge is 0.405 e. The zero-order valence-corrected chi connectivity index (χ0v) is 15.6. The summed E-state index contributed by atoms with van der Waals surface area (Å²) >= 11 is 0.408. The molecule has 28 heavy (non-hydrogen) atoms. The van der Waals surface area contributed by atoms with Crippen molar-refractivity contribution in [2.45, 2.75) is 37.4 Å². The summed E-state index contributed by atoms with van der Waals surface area (Å²) in [6, 6.07) is 4.62. The smallest absolute Gasteiger partial charge is 0.353 e. The molecular formula is C16H16F6N4OS. The predicted molar refractivity (Wildman–Crippen MR) is 91.7 cm³/mol. The number of thioether (sulfide) groups is 1. The number of Topliss-reactive ketones (excluding diaryl/α,β-unsaturated/α-hetero) is 1. The van der Waals surface area contributed by atoms with Crippen LogP contribution >= 0.6 is 11.8 Å². The van der Waals surface area contributed by atoms with E-state index in [1.54, 1.807) is 0 Å². The Kier molecular flexibility index (Phi) is 6.63. The van der Waals surface area contributed by atoms with Crippen LogP contribution in [0.5, 0.6) is 0 Å². The molecule has 0 bridgehead atoms. The fraction of sp³-hybridized carbons (Fsp3) is 0.438. The molecule has 1 heterocycles. The first-order chi connectivity index (χ1) is 12.9. The Labute approximate surface area is 160 Å². The van der Waals surface area contributed by atoms with Crippen LogP contribution in [0.15, 0.2) is 35.7 Å². The number of nitrogens with zero attached hydrogens (tertiary/aromatic N) is 4. The fourth-order valence-electron chi connectivity index (χ4n) is 2.33. The molecule has 1 aromatic carbocycles. The Morgan fingerprint density at radius 2 is 1.89 bits per heavy atom. The summed E-state index contributed by atoms with van der Waals surface area (Å²) in [4.78, 5) is 12.5. The zero-order chi connectivity index (χ0) is 21.1. The van der Waals surface area contributed by atoms with Crippen molar-refractivity contribution in [2.75, 3.05) is 17.2 Å². The highest BCUT2D eigenvalue weighted by molar-refractivity contribution is 7.99. The molecule has 154 valence electrons. The van der Waals surface area contributed by atoms with E-state index in [0.29, 0.717) is 11.8 Å². The van der Waals surface area contributed by atoms with Crippen LogP contribution in [0.2, 0.25) is 0 Å². The van der Waals surface area contributed by atoms with E-state index in [9.17, 15) is 31.1 Å². The van der Waals surface area contributed by atoms with Crippen LogP contribution in [0.3, 0.4) is 0 Å². The molecule has 1 aromatic heterocycles. The van der Waals surface area contributed by atoms with Gasteiger partial charge in [-0.2, -0.15) is 26.3 Å². The number of hydrogen-bond donors (Lipinski definition) is 0. The molecule has 0 radical (unpaired) electrons. The van der Waals surface area contributed by atoms with Gasteiger partial charge in [-0.15, -0.1) is 10.2 Å². The number of benzene rings is 1. The van der Waals surface area contributed by atoms with E-state index in [4.69, 9.17) is 0 Å². The highest BCUT2D eigenvalue weighted by Crippen LogP contribution is 2.30. The molecule has 0 aliphatic rings. The van der Waals surface area contributed by atoms with Gasteiger partial charge in [0.05, 0.1) is 17.5 Å². The van der Waals surface area contributed by atoms with Crippen LogP contribution in [-0.2, 0) is 4.79 Å². The van der Waals surface area contributed by atoms with Crippen molar-refractivity contribution in [2.24, 2.45) is 0 Å². The van der Waals surface area contributed by atoms with E-state index < -0.39 is 36.5 Å². The summed E-state index contributed by atoms with van der Waals surface area (Å²) in [5.41, 5.74) is 0.369. The van der Waals surface area contributed by atoms with Gasteiger partial charge in [-0.1, -0.05) is 17.8 Å². The van der Waals surface area contributed by atoms with Crippen LogP contribution in [0.4, 0.5) is 32.0 Å². The number of anilines is 1. The van der Waals surface area contributed by atoms with Crippen molar-refractivity contribution < 1.29 is 31.1 Å². The summed E-state index contributed by atoms with van der Waals surface area (Å²) in [7, 11) is 0. The van der Waals surface area contributed by atoms with E-state index in [2.05, 4.69) is 10.2 Å². The van der Waals surface area contributed by atoms with Crippen LogP contribution in [-0.4, -0.2) is 51.2 Å². The van der Waals surface area contributed by atoms with E-state index in [1.165, 1.54) is 49.0 Å². The lowest BCUT2D eigenvalue weighted by atomic mass is 10.1. The molecule has 0 saturated carbocycles. The van der Waals surface area contributed by atoms with E-state index in [-0.39, 0.29) is 16.5 Å². The molecule has 5 nitrogen and oxygen atoms in total. The lowest BCUT2D eigenvalue weighted by Gasteiger charge is -2.31. The minimum Gasteiger partial charge on any atom is -0.353 e. The first kappa shape index (κ1) is 22.1. The average molecular weight is 426 g/mol. The fourth-order valence-corrected chi connectivity index (χ4v) is 3.02. The number of halogens is 6. The van der Waals surface area contributed by atoms with E-state index in [0.717, 1.165) is 4.90 Å². The Morgan fingerprint density at radius 3 is 2.46 bits per heavy atom. The molecule has 0 spiro atoms. The second kappa shape index (κ2) is 8.41. The standard InChI is InChI=1S/C16H16F6N4OS/c1-10(11(2)27)25(7-15(17,18)19)12-4-3-5-13(6-12)26-9-23-24-14(26)28-8-16(20,21)22/h3-6,9-10H,7-8H2,1-2H3. The number of ketones is 1. The van der Waals surface area contributed by atoms with Gasteiger partial charge in [-0.3, -0.25) is 9.36 Å². The maximum atomic E-state index is 13.0. The number of aromatic nitrogens is 3. The summed E-state index contributed by atoms with van der Waals surface area (Å²) < 4.78 is 77.5. The van der Waals surface area contributed by atoms with Crippen LogP contribution in [0.1, 0.15) is 13.8 Å². The van der Waals surface area contributed by atoms with Crippen molar-refractivity contribution >= 4 is 23.2 Å². The van der Waals surface area contributed by atoms with Gasteiger partial charge in [0.1, 0.15) is 12.9 Å². The molecule has 0 amide bonds. The summed E-state index contributed by atoms with van der Waals surface area (Å²) in [5, 5.41) is 7.14. The summed E-state index contributed by atoms with van der Waals surface area (Å²) in [6.07, 6.45) is -7.80. The maximum absolute atomic E-state index is 13.0. The molecular weight excluding hydrogens is 410 g/mol. The molecule has 0 N–H and O–H groups in total. The van der Waals surface area contributed by atoms with Gasteiger partial charge >= 0.3 is 12.4 Å². The number of carbonyl (C=O) groups is 1. The predicted octanol–water partition coefficient (Wildman–Crippen LogP) is 4.27. The van der Waals surface area contributed by atoms with Crippen LogP contribution in [0, 0.1) is 0 Å². The van der Waals surface area contributed by atoms with Crippen molar-refractivity contribution in [3.8, 4) is 5.69 Å². The lowest BCUT2D eigenvalue weighted by molar-refractivity contribution is -0.124. The Morgan fingerprint density at radius 1 is 1.21 bits per heavy atom.